The van der Waals surface area contributed by atoms with E-state index < -0.39 is 79.9 Å². The Kier molecular flexibility index (Phi) is 13.4. The van der Waals surface area contributed by atoms with Crippen molar-refractivity contribution in [2.75, 3.05) is 25.2 Å². The zero-order valence-electron chi connectivity index (χ0n) is 16.4. The fourth-order valence-electron chi connectivity index (χ4n) is 2.11. The van der Waals surface area contributed by atoms with Crippen molar-refractivity contribution in [1.82, 2.24) is 16.0 Å². The van der Waals surface area contributed by atoms with E-state index in [4.69, 9.17) is 15.9 Å². The maximum atomic E-state index is 12.2. The molecule has 0 aromatic heterocycles. The first-order valence-electron chi connectivity index (χ1n) is 8.89. The van der Waals surface area contributed by atoms with Gasteiger partial charge in [-0.3, -0.25) is 19.2 Å². The van der Waals surface area contributed by atoms with Crippen molar-refractivity contribution < 1.29 is 44.4 Å². The number of nitrogens with one attached hydrogen (secondary N) is 3. The summed E-state index contributed by atoms with van der Waals surface area (Å²) in [5.74, 6) is -4.93. The number of rotatable bonds is 15. The first kappa shape index (κ1) is 27.6. The molecule has 14 heteroatoms. The second-order valence-electron chi connectivity index (χ2n) is 6.21. The molecular formula is C16H28N4O9S. The van der Waals surface area contributed by atoms with Crippen LogP contribution in [-0.2, 0) is 24.0 Å². The number of carbonyl (C=O) groups is 5. The Bertz CT molecular complexity index is 620. The molecule has 172 valence electrons. The number of amides is 3. The number of aliphatic carboxylic acids is 2. The van der Waals surface area contributed by atoms with Gasteiger partial charge < -0.3 is 42.1 Å². The van der Waals surface area contributed by atoms with Crippen LogP contribution in [-0.4, -0.2) is 99.5 Å². The summed E-state index contributed by atoms with van der Waals surface area (Å²) >= 11 is 1.47. The first-order chi connectivity index (χ1) is 14.1. The van der Waals surface area contributed by atoms with E-state index in [-0.39, 0.29) is 0 Å². The number of aliphatic hydroxyl groups is 2. The van der Waals surface area contributed by atoms with Gasteiger partial charge in [-0.25, -0.2) is 4.79 Å². The molecule has 30 heavy (non-hydrogen) atoms. The molecule has 0 heterocycles. The van der Waals surface area contributed by atoms with Gasteiger partial charge in [0.25, 0.3) is 0 Å². The molecule has 0 aromatic carbocycles. The van der Waals surface area contributed by atoms with Gasteiger partial charge in [0.1, 0.15) is 18.1 Å². The van der Waals surface area contributed by atoms with Crippen LogP contribution in [0.4, 0.5) is 0 Å². The number of carboxylic acid groups (broad SMARTS) is 2. The lowest BCUT2D eigenvalue weighted by Crippen LogP contribution is -2.59. The van der Waals surface area contributed by atoms with Gasteiger partial charge >= 0.3 is 11.9 Å². The van der Waals surface area contributed by atoms with Gasteiger partial charge in [0.2, 0.25) is 17.7 Å². The molecule has 0 spiro atoms. The molecule has 4 atom stereocenters. The van der Waals surface area contributed by atoms with Crippen molar-refractivity contribution in [3.05, 3.63) is 0 Å². The highest BCUT2D eigenvalue weighted by Gasteiger charge is 2.29. The first-order valence-corrected chi connectivity index (χ1v) is 10.3. The maximum Gasteiger partial charge on any atom is 0.326 e. The summed E-state index contributed by atoms with van der Waals surface area (Å²) in [5.41, 5.74) is 5.67. The van der Waals surface area contributed by atoms with Gasteiger partial charge in [-0.2, -0.15) is 11.8 Å². The summed E-state index contributed by atoms with van der Waals surface area (Å²) in [5, 5.41) is 42.7. The molecule has 0 bridgehead atoms. The van der Waals surface area contributed by atoms with Gasteiger partial charge in [0.15, 0.2) is 0 Å². The molecule has 0 rings (SSSR count). The second-order valence-corrected chi connectivity index (χ2v) is 7.19. The Morgan fingerprint density at radius 3 is 1.70 bits per heavy atom. The smallest absolute Gasteiger partial charge is 0.326 e. The highest BCUT2D eigenvalue weighted by Crippen LogP contribution is 2.01. The van der Waals surface area contributed by atoms with Crippen LogP contribution in [0, 0.1) is 0 Å². The third kappa shape index (κ3) is 10.4. The summed E-state index contributed by atoms with van der Waals surface area (Å²) in [4.78, 5) is 58.1. The van der Waals surface area contributed by atoms with Crippen molar-refractivity contribution in [3.63, 3.8) is 0 Å². The van der Waals surface area contributed by atoms with Gasteiger partial charge in [-0.05, 0) is 24.9 Å². The molecule has 0 aliphatic carbocycles. The normalized spacial score (nSPS) is 14.7. The lowest BCUT2D eigenvalue weighted by Gasteiger charge is -2.23. The predicted molar refractivity (Wildman–Crippen MR) is 105 cm³/mol. The van der Waals surface area contributed by atoms with Crippen LogP contribution in [0.2, 0.25) is 0 Å². The lowest BCUT2D eigenvalue weighted by atomic mass is 10.1. The molecule has 0 fully saturated rings. The third-order valence-electron chi connectivity index (χ3n) is 3.86. The van der Waals surface area contributed by atoms with Crippen LogP contribution in [0.15, 0.2) is 0 Å². The molecule has 3 amide bonds. The van der Waals surface area contributed by atoms with E-state index in [1.165, 1.54) is 11.8 Å². The van der Waals surface area contributed by atoms with Gasteiger partial charge in [0.05, 0.1) is 19.3 Å². The maximum absolute atomic E-state index is 12.2. The number of carbonyl (C=O) groups excluding carboxylic acids is 3. The largest absolute Gasteiger partial charge is 0.481 e. The van der Waals surface area contributed by atoms with Crippen molar-refractivity contribution in [1.29, 1.82) is 0 Å². The van der Waals surface area contributed by atoms with E-state index in [0.717, 1.165) is 0 Å². The molecule has 0 aliphatic rings. The van der Waals surface area contributed by atoms with E-state index in [0.29, 0.717) is 12.2 Å². The van der Waals surface area contributed by atoms with Crippen molar-refractivity contribution >= 4 is 41.4 Å². The van der Waals surface area contributed by atoms with E-state index in [2.05, 4.69) is 10.6 Å². The highest BCUT2D eigenvalue weighted by molar-refractivity contribution is 7.98. The Hall–Kier alpha value is -2.42. The third-order valence-corrected chi connectivity index (χ3v) is 4.51. The predicted octanol–water partition coefficient (Wildman–Crippen LogP) is -3.54. The van der Waals surface area contributed by atoms with Crippen LogP contribution in [0.1, 0.15) is 19.3 Å². The molecule has 0 saturated heterocycles. The summed E-state index contributed by atoms with van der Waals surface area (Å²) in [6.45, 7) is -1.73. The van der Waals surface area contributed by atoms with Crippen LogP contribution < -0.4 is 21.7 Å². The molecule has 13 nitrogen and oxygen atoms in total. The van der Waals surface area contributed by atoms with Crippen LogP contribution in [0.3, 0.4) is 0 Å². The van der Waals surface area contributed by atoms with Crippen molar-refractivity contribution in [3.8, 4) is 0 Å². The number of hydrogen-bond donors (Lipinski definition) is 8. The van der Waals surface area contributed by atoms with Crippen LogP contribution in [0.25, 0.3) is 0 Å². The van der Waals surface area contributed by atoms with Gasteiger partial charge in [0, 0.05) is 6.42 Å². The zero-order valence-corrected chi connectivity index (χ0v) is 17.2. The molecule has 9 N–H and O–H groups in total. The number of hydrogen-bond acceptors (Lipinski definition) is 9. The molecule has 4 unspecified atom stereocenters. The fraction of sp³-hybridized carbons (Fsp3) is 0.688. The van der Waals surface area contributed by atoms with Gasteiger partial charge in [-0.15, -0.1) is 0 Å². The minimum atomic E-state index is -1.60. The summed E-state index contributed by atoms with van der Waals surface area (Å²) in [6.07, 6.45) is 1.22. The van der Waals surface area contributed by atoms with Crippen LogP contribution >= 0.6 is 11.8 Å². The Morgan fingerprint density at radius 1 is 0.833 bits per heavy atom. The number of nitrogens with two attached hydrogens (primary N) is 1. The van der Waals surface area contributed by atoms with Crippen molar-refractivity contribution in [2.45, 2.75) is 43.4 Å². The number of thioether (sulfide) groups is 1. The minimum Gasteiger partial charge on any atom is -0.481 e. The topological polar surface area (TPSA) is 228 Å². The summed E-state index contributed by atoms with van der Waals surface area (Å²) in [6, 6.07) is -5.52. The molecule has 0 aromatic rings. The van der Waals surface area contributed by atoms with E-state index in [9.17, 15) is 34.2 Å². The average Bonchev–Trinajstić information content (AvgIpc) is 2.70. The molecular weight excluding hydrogens is 424 g/mol. The monoisotopic (exact) mass is 452 g/mol. The standard InChI is InChI=1S/C16H28N4O9S/c1-30-5-4-8(17)13(25)19-10(6-21)15(27)20-11(7-22)14(26)18-9(16(28)29)2-3-12(23)24/h8-11,21-22H,2-7,17H2,1H3,(H,18,26)(H,19,25)(H,20,27)(H,23,24)(H,28,29). The Morgan fingerprint density at radius 2 is 1.30 bits per heavy atom. The van der Waals surface area contributed by atoms with Gasteiger partial charge in [-0.1, -0.05) is 0 Å². The number of aliphatic hydroxyl groups excluding tert-OH is 2. The van der Waals surface area contributed by atoms with E-state index in [1.54, 1.807) is 0 Å². The quantitative estimate of drug-likeness (QED) is 0.121. The van der Waals surface area contributed by atoms with Crippen molar-refractivity contribution in [2.24, 2.45) is 5.73 Å². The SMILES string of the molecule is CSCCC(N)C(=O)NC(CO)C(=O)NC(CO)C(=O)NC(CCC(=O)O)C(=O)O. The Labute approximate surface area is 176 Å². The molecule has 0 radical (unpaired) electrons. The number of carboxylic acids is 2. The van der Waals surface area contributed by atoms with Crippen LogP contribution in [0.5, 0.6) is 0 Å². The minimum absolute atomic E-state index is 0.335. The van der Waals surface area contributed by atoms with E-state index >= 15 is 0 Å². The fourth-order valence-corrected chi connectivity index (χ4v) is 2.60. The zero-order chi connectivity index (χ0) is 23.3. The molecule has 0 aliphatic heterocycles. The summed E-state index contributed by atoms with van der Waals surface area (Å²) in [7, 11) is 0. The van der Waals surface area contributed by atoms with E-state index in [1.807, 2.05) is 11.6 Å². The summed E-state index contributed by atoms with van der Waals surface area (Å²) < 4.78 is 0. The second kappa shape index (κ2) is 14.5. The molecule has 0 saturated carbocycles. The lowest BCUT2D eigenvalue weighted by molar-refractivity contribution is -0.143. The Balaban J connectivity index is 4.94. The highest BCUT2D eigenvalue weighted by atomic mass is 32.2. The average molecular weight is 452 g/mol.